The van der Waals surface area contributed by atoms with Gasteiger partial charge in [-0.05, 0) is 47.6 Å². The minimum absolute atomic E-state index is 0.221. The summed E-state index contributed by atoms with van der Waals surface area (Å²) >= 11 is 0. The smallest absolute Gasteiger partial charge is 0.140 e. The van der Waals surface area contributed by atoms with E-state index in [1.165, 1.54) is 33.4 Å². The fraction of sp³-hybridized carbons (Fsp3) is 0.231. The molecule has 6 rings (SSSR count). The van der Waals surface area contributed by atoms with Crippen LogP contribution in [0.25, 0.3) is 11.6 Å². The summed E-state index contributed by atoms with van der Waals surface area (Å²) in [6.07, 6.45) is 9.14. The van der Waals surface area contributed by atoms with Crippen molar-refractivity contribution in [1.82, 2.24) is 9.97 Å². The largest absolute Gasteiger partial charge is 0.345 e. The summed E-state index contributed by atoms with van der Waals surface area (Å²) in [6, 6.07) is 18.1. The van der Waals surface area contributed by atoms with Crippen molar-refractivity contribution < 1.29 is 0 Å². The molecule has 3 aliphatic rings. The van der Waals surface area contributed by atoms with Crippen LogP contribution in [0.3, 0.4) is 0 Å². The molecule has 0 saturated carbocycles. The normalized spacial score (nSPS) is 19.3. The van der Waals surface area contributed by atoms with E-state index in [0.717, 1.165) is 37.3 Å². The molecular weight excluding hydrogens is 354 g/mol. The third kappa shape index (κ3) is 2.57. The van der Waals surface area contributed by atoms with E-state index in [9.17, 15) is 0 Å². The molecule has 0 radical (unpaired) electrons. The van der Waals surface area contributed by atoms with Gasteiger partial charge in [0, 0.05) is 18.5 Å². The van der Waals surface area contributed by atoms with Gasteiger partial charge in [0.05, 0.1) is 11.7 Å². The van der Waals surface area contributed by atoms with Crippen molar-refractivity contribution in [3.05, 3.63) is 100 Å². The molecule has 3 heteroatoms. The highest BCUT2D eigenvalue weighted by Gasteiger charge is 2.37. The Labute approximate surface area is 171 Å². The highest BCUT2D eigenvalue weighted by molar-refractivity contribution is 5.81. The van der Waals surface area contributed by atoms with Crippen molar-refractivity contribution in [3.63, 3.8) is 0 Å². The summed E-state index contributed by atoms with van der Waals surface area (Å²) < 4.78 is 0. The first kappa shape index (κ1) is 16.7. The van der Waals surface area contributed by atoms with E-state index in [0.29, 0.717) is 0 Å². The number of rotatable bonds is 2. The van der Waals surface area contributed by atoms with Crippen LogP contribution in [-0.2, 0) is 12.8 Å². The van der Waals surface area contributed by atoms with Crippen LogP contribution in [0.2, 0.25) is 0 Å². The molecule has 1 atom stereocenters. The Morgan fingerprint density at radius 2 is 1.97 bits per heavy atom. The standard InChI is InChI=1S/C26H23N3/c1-17-6-4-8-19(14-17)25-23-15-18-7-2-3-9-20(18)21(23)12-13-29(25)26-22-10-5-11-24(22)27-16-28-26/h2-10,14,16,25H,11-13,15H2,1H3. The maximum absolute atomic E-state index is 4.78. The molecule has 0 N–H and O–H groups in total. The molecule has 0 saturated heterocycles. The summed E-state index contributed by atoms with van der Waals surface area (Å²) in [7, 11) is 0. The Balaban J connectivity index is 1.54. The van der Waals surface area contributed by atoms with Crippen molar-refractivity contribution in [1.29, 1.82) is 0 Å². The lowest BCUT2D eigenvalue weighted by Crippen LogP contribution is -2.36. The SMILES string of the molecule is Cc1cccc(C2C3=C(CCN2c2ncnc4c2C=CC4)c2ccccc2C3)c1. The van der Waals surface area contributed by atoms with Crippen LogP contribution in [0, 0.1) is 6.92 Å². The minimum Gasteiger partial charge on any atom is -0.345 e. The number of hydrogen-bond acceptors (Lipinski definition) is 3. The van der Waals surface area contributed by atoms with E-state index in [4.69, 9.17) is 4.98 Å². The topological polar surface area (TPSA) is 29.0 Å². The Morgan fingerprint density at radius 3 is 2.90 bits per heavy atom. The molecule has 1 aliphatic heterocycles. The molecule has 0 fully saturated rings. The Morgan fingerprint density at radius 1 is 1.03 bits per heavy atom. The highest BCUT2D eigenvalue weighted by atomic mass is 15.2. The molecule has 2 heterocycles. The predicted molar refractivity (Wildman–Crippen MR) is 118 cm³/mol. The second kappa shape index (κ2) is 6.41. The van der Waals surface area contributed by atoms with E-state index in [-0.39, 0.29) is 6.04 Å². The molecule has 0 bridgehead atoms. The molecule has 3 aromatic rings. The Hall–Kier alpha value is -3.20. The highest BCUT2D eigenvalue weighted by Crippen LogP contribution is 2.48. The number of allylic oxidation sites excluding steroid dienone is 1. The van der Waals surface area contributed by atoms with Gasteiger partial charge in [0.1, 0.15) is 12.1 Å². The van der Waals surface area contributed by atoms with E-state index in [1.54, 1.807) is 11.9 Å². The van der Waals surface area contributed by atoms with Crippen molar-refractivity contribution in [3.8, 4) is 0 Å². The zero-order valence-electron chi connectivity index (χ0n) is 16.6. The molecule has 2 aliphatic carbocycles. The number of hydrogen-bond donors (Lipinski definition) is 0. The maximum Gasteiger partial charge on any atom is 0.140 e. The second-order valence-corrected chi connectivity index (χ2v) is 8.26. The van der Waals surface area contributed by atoms with Crippen LogP contribution < -0.4 is 4.90 Å². The summed E-state index contributed by atoms with van der Waals surface area (Å²) in [5, 5.41) is 0. The molecule has 0 amide bonds. The van der Waals surface area contributed by atoms with E-state index >= 15 is 0 Å². The lowest BCUT2D eigenvalue weighted by Gasteiger charge is -2.39. The first-order valence-corrected chi connectivity index (χ1v) is 10.4. The number of fused-ring (bicyclic) bond motifs is 3. The fourth-order valence-corrected chi connectivity index (χ4v) is 5.28. The van der Waals surface area contributed by atoms with Gasteiger partial charge in [0.25, 0.3) is 0 Å². The molecule has 0 spiro atoms. The van der Waals surface area contributed by atoms with Crippen LogP contribution in [-0.4, -0.2) is 16.5 Å². The second-order valence-electron chi connectivity index (χ2n) is 8.26. The van der Waals surface area contributed by atoms with Crippen LogP contribution in [0.4, 0.5) is 5.82 Å². The Kier molecular flexibility index (Phi) is 3.70. The van der Waals surface area contributed by atoms with Crippen LogP contribution in [0.5, 0.6) is 0 Å². The van der Waals surface area contributed by atoms with Gasteiger partial charge in [-0.15, -0.1) is 0 Å². The van der Waals surface area contributed by atoms with Gasteiger partial charge in [0.15, 0.2) is 0 Å². The monoisotopic (exact) mass is 377 g/mol. The van der Waals surface area contributed by atoms with Crippen molar-refractivity contribution in [2.75, 3.05) is 11.4 Å². The van der Waals surface area contributed by atoms with Crippen LogP contribution in [0.15, 0.2) is 66.5 Å². The molecule has 1 aromatic heterocycles. The van der Waals surface area contributed by atoms with Gasteiger partial charge in [-0.3, -0.25) is 0 Å². The molecule has 1 unspecified atom stereocenters. The van der Waals surface area contributed by atoms with E-state index in [2.05, 4.69) is 77.5 Å². The van der Waals surface area contributed by atoms with Crippen molar-refractivity contribution in [2.24, 2.45) is 0 Å². The summed E-state index contributed by atoms with van der Waals surface area (Å²) in [4.78, 5) is 11.8. The minimum atomic E-state index is 0.221. The summed E-state index contributed by atoms with van der Waals surface area (Å²) in [5.74, 6) is 1.08. The Bertz CT molecular complexity index is 1190. The first-order valence-electron chi connectivity index (χ1n) is 10.4. The zero-order valence-corrected chi connectivity index (χ0v) is 16.6. The molecule has 3 nitrogen and oxygen atoms in total. The van der Waals surface area contributed by atoms with Crippen LogP contribution in [0.1, 0.15) is 46.0 Å². The lowest BCUT2D eigenvalue weighted by atomic mass is 9.87. The van der Waals surface area contributed by atoms with Gasteiger partial charge in [0.2, 0.25) is 0 Å². The molecule has 2 aromatic carbocycles. The lowest BCUT2D eigenvalue weighted by molar-refractivity contribution is 0.650. The average Bonchev–Trinajstić information content (AvgIpc) is 3.37. The third-order valence-electron chi connectivity index (χ3n) is 6.53. The number of nitrogens with zero attached hydrogens (tertiary/aromatic N) is 3. The molecule has 29 heavy (non-hydrogen) atoms. The molecular formula is C26H23N3. The quantitative estimate of drug-likeness (QED) is 0.606. The summed E-state index contributed by atoms with van der Waals surface area (Å²) in [5.41, 5.74) is 11.0. The molecule has 142 valence electrons. The maximum atomic E-state index is 4.78. The van der Waals surface area contributed by atoms with Crippen molar-refractivity contribution in [2.45, 2.75) is 32.2 Å². The zero-order chi connectivity index (χ0) is 19.4. The fourth-order valence-electron chi connectivity index (χ4n) is 5.28. The van der Waals surface area contributed by atoms with Gasteiger partial charge in [-0.1, -0.05) is 66.2 Å². The summed E-state index contributed by atoms with van der Waals surface area (Å²) in [6.45, 7) is 3.16. The van der Waals surface area contributed by atoms with Gasteiger partial charge >= 0.3 is 0 Å². The van der Waals surface area contributed by atoms with E-state index < -0.39 is 0 Å². The number of anilines is 1. The number of aryl methyl sites for hydroxylation is 1. The first-order chi connectivity index (χ1) is 14.3. The average molecular weight is 377 g/mol. The van der Waals surface area contributed by atoms with Crippen LogP contribution >= 0.6 is 0 Å². The van der Waals surface area contributed by atoms with Crippen molar-refractivity contribution >= 4 is 17.5 Å². The van der Waals surface area contributed by atoms with E-state index in [1.807, 2.05) is 0 Å². The number of aromatic nitrogens is 2. The predicted octanol–water partition coefficient (Wildman–Crippen LogP) is 5.32. The van der Waals surface area contributed by atoms with Gasteiger partial charge in [-0.2, -0.15) is 0 Å². The number of benzene rings is 2. The van der Waals surface area contributed by atoms with Gasteiger partial charge < -0.3 is 4.90 Å². The van der Waals surface area contributed by atoms with Gasteiger partial charge in [-0.25, -0.2) is 9.97 Å². The third-order valence-corrected chi connectivity index (χ3v) is 6.53.